The number of hydrogen-bond acceptors (Lipinski definition) is 10. The molecular weight excluding hydrogens is 446 g/mol. The van der Waals surface area contributed by atoms with Gasteiger partial charge in [0.15, 0.2) is 0 Å². The predicted molar refractivity (Wildman–Crippen MR) is 97.6 cm³/mol. The highest BCUT2D eigenvalue weighted by molar-refractivity contribution is 7.48. The highest BCUT2D eigenvalue weighted by Gasteiger charge is 2.33. The molecule has 0 bridgehead atoms. The topological polar surface area (TPSA) is 181 Å². The van der Waals surface area contributed by atoms with Gasteiger partial charge in [-0.1, -0.05) is 9.69 Å². The van der Waals surface area contributed by atoms with Crippen molar-refractivity contribution in [1.29, 1.82) is 0 Å². The van der Waals surface area contributed by atoms with Gasteiger partial charge in [-0.3, -0.25) is 28.6 Å². The Balaban J connectivity index is 1.84. The smallest absolute Gasteiger partial charge is 0.360 e. The van der Waals surface area contributed by atoms with Gasteiger partial charge in [-0.25, -0.2) is 9.13 Å². The van der Waals surface area contributed by atoms with E-state index in [4.69, 9.17) is 0 Å². The van der Waals surface area contributed by atoms with Gasteiger partial charge in [0, 0.05) is 0 Å². The van der Waals surface area contributed by atoms with Crippen molar-refractivity contribution in [3.8, 4) is 0 Å². The van der Waals surface area contributed by atoms with Crippen LogP contribution in [0.2, 0.25) is 0 Å². The summed E-state index contributed by atoms with van der Waals surface area (Å²) in [5, 5.41) is 7.36. The van der Waals surface area contributed by atoms with Crippen molar-refractivity contribution in [3.63, 3.8) is 0 Å². The Kier molecular flexibility index (Phi) is 7.09. The van der Waals surface area contributed by atoms with Crippen molar-refractivity contribution in [2.45, 2.75) is 40.5 Å². The molecule has 2 heterocycles. The zero-order valence-corrected chi connectivity index (χ0v) is 18.2. The van der Waals surface area contributed by atoms with Crippen molar-refractivity contribution in [3.05, 3.63) is 34.9 Å². The van der Waals surface area contributed by atoms with Crippen LogP contribution >= 0.6 is 15.6 Å². The summed E-state index contributed by atoms with van der Waals surface area (Å²) in [6, 6.07) is 0. The molecule has 30 heavy (non-hydrogen) atoms. The third-order valence-corrected chi connectivity index (χ3v) is 5.35. The van der Waals surface area contributed by atoms with E-state index >= 15 is 0 Å². The van der Waals surface area contributed by atoms with Gasteiger partial charge in [0.05, 0.1) is 36.6 Å². The predicted octanol–water partition coefficient (Wildman–Crippen LogP) is 0.938. The van der Waals surface area contributed by atoms with Gasteiger partial charge >= 0.3 is 27.6 Å². The van der Waals surface area contributed by atoms with Crippen molar-refractivity contribution in [2.75, 3.05) is 0 Å². The fourth-order valence-corrected chi connectivity index (χ4v) is 3.37. The number of hydrogen-bond donors (Lipinski definition) is 2. The summed E-state index contributed by atoms with van der Waals surface area (Å²) in [4.78, 5) is 44.1. The molecule has 0 aromatic carbocycles. The quantitative estimate of drug-likeness (QED) is 0.500. The second-order valence-electron chi connectivity index (χ2n) is 6.10. The van der Waals surface area contributed by atoms with Crippen LogP contribution in [-0.4, -0.2) is 41.6 Å². The molecule has 0 fully saturated rings. The van der Waals surface area contributed by atoms with Crippen LogP contribution in [0, 0.1) is 27.7 Å². The Morgan fingerprint density at radius 2 is 1.17 bits per heavy atom. The maximum absolute atomic E-state index is 11.9. The van der Waals surface area contributed by atoms with E-state index in [1.807, 2.05) is 0 Å². The van der Waals surface area contributed by atoms with E-state index < -0.39 is 40.4 Å². The molecule has 0 radical (unpaired) electrons. The number of aryl methyl sites for hydroxylation is 2. The van der Waals surface area contributed by atoms with Crippen LogP contribution in [0.3, 0.4) is 0 Å². The number of aromatic nitrogens is 4. The fourth-order valence-electron chi connectivity index (χ4n) is 1.89. The van der Waals surface area contributed by atoms with Crippen molar-refractivity contribution in [1.82, 2.24) is 19.9 Å². The molecule has 0 aliphatic heterocycles. The van der Waals surface area contributed by atoms with Crippen LogP contribution in [0.5, 0.6) is 0 Å². The summed E-state index contributed by atoms with van der Waals surface area (Å²) in [6.07, 6.45) is 1.27. The van der Waals surface area contributed by atoms with Gasteiger partial charge in [-0.05, 0) is 38.8 Å². The van der Waals surface area contributed by atoms with Gasteiger partial charge in [0.25, 0.3) is 0 Å². The molecule has 2 atom stereocenters. The first-order chi connectivity index (χ1) is 13.8. The average molecular weight is 466 g/mol. The molecule has 14 nitrogen and oxygen atoms in total. The molecule has 0 amide bonds. The first-order valence-electron chi connectivity index (χ1n) is 8.33. The Morgan fingerprint density at radius 1 is 0.833 bits per heavy atom. The lowest BCUT2D eigenvalue weighted by molar-refractivity contribution is -0.142. The van der Waals surface area contributed by atoms with Crippen LogP contribution in [0.4, 0.5) is 0 Å². The van der Waals surface area contributed by atoms with E-state index in [0.29, 0.717) is 22.5 Å². The van der Waals surface area contributed by atoms with Crippen LogP contribution in [0.1, 0.15) is 35.4 Å². The molecule has 2 aromatic rings. The lowest BCUT2D eigenvalue weighted by Crippen LogP contribution is -2.18. The summed E-state index contributed by atoms with van der Waals surface area (Å²) in [6.45, 7) is 6.48. The van der Waals surface area contributed by atoms with Crippen LogP contribution < -0.4 is 9.25 Å². The summed E-state index contributed by atoms with van der Waals surface area (Å²) < 4.78 is 41.6. The highest BCUT2D eigenvalue weighted by Crippen LogP contribution is 2.41. The standard InChI is InChI=1S/C14H20N4O10P2/c1-9-7-15-17(11(9)3)27-29(21,22)25-13(19)5-6-14(20)26-30(23,24)28-18-12(4)10(2)8-16-18/h7-8H,5-6H2,1-4H3,(H,21,22)(H,23,24). The molecule has 0 spiro atoms. The number of rotatable bonds is 9. The maximum Gasteiger partial charge on any atom is 0.607 e. The molecular formula is C14H20N4O10P2. The molecule has 0 aliphatic rings. The third-order valence-electron chi connectivity index (χ3n) is 3.76. The zero-order valence-electron chi connectivity index (χ0n) is 16.4. The average Bonchev–Trinajstić information content (AvgIpc) is 3.09. The molecule has 0 aliphatic carbocycles. The minimum absolute atomic E-state index is 0.408. The Morgan fingerprint density at radius 3 is 1.43 bits per heavy atom. The maximum atomic E-state index is 11.9. The molecule has 2 unspecified atom stereocenters. The first kappa shape index (κ1) is 23.6. The molecule has 2 rings (SSSR count). The summed E-state index contributed by atoms with van der Waals surface area (Å²) in [5.41, 5.74) is 2.15. The molecule has 2 N–H and O–H groups in total. The van der Waals surface area contributed by atoms with Gasteiger partial charge in [0.2, 0.25) is 0 Å². The summed E-state index contributed by atoms with van der Waals surface area (Å²) >= 11 is 0. The minimum atomic E-state index is -4.88. The largest absolute Gasteiger partial charge is 0.607 e. The molecule has 0 saturated carbocycles. The second-order valence-corrected chi connectivity index (χ2v) is 8.66. The van der Waals surface area contributed by atoms with E-state index in [1.165, 1.54) is 12.4 Å². The van der Waals surface area contributed by atoms with E-state index in [2.05, 4.69) is 28.5 Å². The Hall–Kier alpha value is -2.66. The van der Waals surface area contributed by atoms with Crippen LogP contribution in [-0.2, 0) is 27.8 Å². The summed E-state index contributed by atoms with van der Waals surface area (Å²) in [7, 11) is -9.75. The minimum Gasteiger partial charge on any atom is -0.360 e. The van der Waals surface area contributed by atoms with Crippen LogP contribution in [0.25, 0.3) is 0 Å². The lowest BCUT2D eigenvalue weighted by atomic mass is 10.3. The third kappa shape index (κ3) is 6.42. The normalized spacial score (nSPS) is 15.0. The fraction of sp³-hybridized carbons (Fsp3) is 0.429. The first-order valence-corrected chi connectivity index (χ1v) is 11.3. The van der Waals surface area contributed by atoms with Crippen molar-refractivity contribution >= 4 is 27.6 Å². The van der Waals surface area contributed by atoms with Gasteiger partial charge in [-0.2, -0.15) is 0 Å². The van der Waals surface area contributed by atoms with Crippen molar-refractivity contribution < 1.29 is 46.8 Å². The molecule has 16 heteroatoms. The molecule has 0 saturated heterocycles. The van der Waals surface area contributed by atoms with Crippen molar-refractivity contribution in [2.24, 2.45) is 0 Å². The zero-order chi connectivity index (χ0) is 22.7. The van der Waals surface area contributed by atoms with Gasteiger partial charge in [0.1, 0.15) is 0 Å². The van der Waals surface area contributed by atoms with E-state index in [0.717, 1.165) is 9.69 Å². The van der Waals surface area contributed by atoms with E-state index in [1.54, 1.807) is 27.7 Å². The number of carbonyl (C=O) groups excluding carboxylic acids is 2. The SMILES string of the molecule is Cc1cnn(OP(=O)(O)OC(=O)CCC(=O)OP(=O)(O)On2ncc(C)c2C)c1C. The Labute approximate surface area is 170 Å². The van der Waals surface area contributed by atoms with Gasteiger partial charge in [-0.15, -0.1) is 10.2 Å². The molecule has 166 valence electrons. The van der Waals surface area contributed by atoms with Crippen LogP contribution in [0.15, 0.2) is 12.4 Å². The van der Waals surface area contributed by atoms with E-state index in [-0.39, 0.29) is 0 Å². The molecule has 2 aromatic heterocycles. The summed E-state index contributed by atoms with van der Waals surface area (Å²) in [5.74, 6) is -2.57. The number of carbonyl (C=O) groups is 2. The number of phosphoric acid groups is 2. The van der Waals surface area contributed by atoms with Gasteiger partial charge < -0.3 is 9.05 Å². The van der Waals surface area contributed by atoms with E-state index in [9.17, 15) is 28.5 Å². The Bertz CT molecular complexity index is 963. The number of nitrogens with zero attached hydrogens (tertiary/aromatic N) is 4. The lowest BCUT2D eigenvalue weighted by Gasteiger charge is -2.13. The second kappa shape index (κ2) is 9.00. The monoisotopic (exact) mass is 466 g/mol. The highest BCUT2D eigenvalue weighted by atomic mass is 31.2. The number of phosphoric ester groups is 2.